The first-order valence-corrected chi connectivity index (χ1v) is 22.1. The highest BCUT2D eigenvalue weighted by Gasteiger charge is 2.41. The largest absolute Gasteiger partial charge is 0.303 e. The lowest BCUT2D eigenvalue weighted by Gasteiger charge is -2.27. The number of allylic oxidation sites excluding steroid dienone is 6. The summed E-state index contributed by atoms with van der Waals surface area (Å²) in [6.45, 7) is 6.87. The molecule has 2 saturated heterocycles. The Morgan fingerprint density at radius 3 is 1.16 bits per heavy atom. The zero-order valence-corrected chi connectivity index (χ0v) is 31.9. The number of rotatable bonds is 12. The van der Waals surface area contributed by atoms with Gasteiger partial charge in [0.25, 0.3) is 0 Å². The average molecular weight is 699 g/mol. The molecule has 0 N–H and O–H groups in total. The van der Waals surface area contributed by atoms with Gasteiger partial charge in [-0.15, -0.1) is 0 Å². The van der Waals surface area contributed by atoms with Crippen molar-refractivity contribution in [2.75, 3.05) is 39.3 Å². The van der Waals surface area contributed by atoms with Crippen LogP contribution in [0.5, 0.6) is 0 Å². The highest BCUT2D eigenvalue weighted by molar-refractivity contribution is 5.83. The summed E-state index contributed by atoms with van der Waals surface area (Å²) < 4.78 is 0. The van der Waals surface area contributed by atoms with E-state index < -0.39 is 0 Å². The molecule has 7 aliphatic carbocycles. The number of nitrogens with zero attached hydrogens (tertiary/aromatic N) is 2. The van der Waals surface area contributed by atoms with Crippen molar-refractivity contribution >= 4 is 17.3 Å². The number of hydrogen-bond acceptors (Lipinski definition) is 5. The van der Waals surface area contributed by atoms with Crippen LogP contribution in [0, 0.1) is 59.2 Å². The van der Waals surface area contributed by atoms with Crippen molar-refractivity contribution < 1.29 is 14.4 Å². The van der Waals surface area contributed by atoms with E-state index in [-0.39, 0.29) is 0 Å². The number of piperidine rings is 2. The van der Waals surface area contributed by atoms with Crippen molar-refractivity contribution in [3.63, 3.8) is 0 Å². The van der Waals surface area contributed by atoms with Crippen LogP contribution < -0.4 is 0 Å². The quantitative estimate of drug-likeness (QED) is 0.190. The van der Waals surface area contributed by atoms with Crippen LogP contribution in [0.2, 0.25) is 0 Å². The van der Waals surface area contributed by atoms with Gasteiger partial charge >= 0.3 is 0 Å². The third kappa shape index (κ3) is 10.2. The fourth-order valence-electron chi connectivity index (χ4n) is 11.7. The smallest absolute Gasteiger partial charge is 0.137 e. The zero-order valence-electron chi connectivity index (χ0n) is 31.9. The summed E-state index contributed by atoms with van der Waals surface area (Å²) in [5.41, 5.74) is 0. The lowest BCUT2D eigenvalue weighted by molar-refractivity contribution is -0.124. The monoisotopic (exact) mass is 699 g/mol. The van der Waals surface area contributed by atoms with E-state index in [1.54, 1.807) is 0 Å². The Labute approximate surface area is 310 Å². The van der Waals surface area contributed by atoms with E-state index in [1.807, 2.05) is 0 Å². The first-order chi connectivity index (χ1) is 25.0. The van der Waals surface area contributed by atoms with Gasteiger partial charge in [0.05, 0.1) is 0 Å². The number of carbonyl (C=O) groups excluding carboxylic acids is 3. The minimum absolute atomic E-state index is 0.370. The Kier molecular flexibility index (Phi) is 13.6. The van der Waals surface area contributed by atoms with Crippen molar-refractivity contribution in [2.24, 2.45) is 59.2 Å². The molecule has 0 aromatic rings. The summed E-state index contributed by atoms with van der Waals surface area (Å²) in [5, 5.41) is 0. The summed E-state index contributed by atoms with van der Waals surface area (Å²) in [7, 11) is 0. The summed E-state index contributed by atoms with van der Waals surface area (Å²) in [5.74, 6) is 7.63. The fourth-order valence-corrected chi connectivity index (χ4v) is 11.7. The first kappa shape index (κ1) is 37.5. The number of likely N-dealkylation sites (tertiary alicyclic amines) is 2. The van der Waals surface area contributed by atoms with Gasteiger partial charge in [0.2, 0.25) is 0 Å². The molecule has 9 aliphatic rings. The van der Waals surface area contributed by atoms with Crippen LogP contribution in [0.25, 0.3) is 0 Å². The van der Waals surface area contributed by atoms with Gasteiger partial charge in [-0.05, 0) is 138 Å². The van der Waals surface area contributed by atoms with Crippen LogP contribution in [0.1, 0.15) is 135 Å². The summed E-state index contributed by atoms with van der Waals surface area (Å²) in [4.78, 5) is 41.6. The predicted octanol–water partition coefficient (Wildman–Crippen LogP) is 9.42. The van der Waals surface area contributed by atoms with Crippen molar-refractivity contribution in [3.05, 3.63) is 36.5 Å². The molecule has 4 saturated carbocycles. The first-order valence-electron chi connectivity index (χ1n) is 22.1. The van der Waals surface area contributed by atoms with Crippen LogP contribution in [0.15, 0.2) is 36.5 Å². The van der Waals surface area contributed by atoms with E-state index in [2.05, 4.69) is 46.3 Å². The molecule has 0 aromatic heterocycles. The second-order valence-electron chi connectivity index (χ2n) is 18.4. The number of hydrogen-bond donors (Lipinski definition) is 0. The third-order valence-corrected chi connectivity index (χ3v) is 14.8. The Morgan fingerprint density at radius 2 is 0.804 bits per heavy atom. The number of carbonyl (C=O) groups is 3. The molecule has 0 amide bonds. The summed E-state index contributed by atoms with van der Waals surface area (Å²) in [6, 6.07) is 0. The second-order valence-corrected chi connectivity index (χ2v) is 18.4. The number of Topliss-reactive ketones (excluding diaryl/α,β-unsaturated/α-hetero) is 3. The topological polar surface area (TPSA) is 57.7 Å². The lowest BCUT2D eigenvalue weighted by atomic mass is 9.82. The molecule has 5 heteroatoms. The molecule has 6 bridgehead atoms. The van der Waals surface area contributed by atoms with Gasteiger partial charge in [0.1, 0.15) is 17.3 Å². The van der Waals surface area contributed by atoms with Crippen LogP contribution in [0.4, 0.5) is 0 Å². The van der Waals surface area contributed by atoms with Gasteiger partial charge in [0.15, 0.2) is 0 Å². The molecule has 5 nitrogen and oxygen atoms in total. The molecule has 2 aliphatic heterocycles. The minimum Gasteiger partial charge on any atom is -0.303 e. The standard InChI is InChI=1S/C16H24O.2C15H23NO/c17-16(9-7-12-4-2-1-3-5-12)15-11-13-6-8-14(15)10-13;2*17-15(6-9-16-7-2-1-3-8-16)14-11-12-4-5-13(14)10-12/h6,8,12-15H,1-5,7,9-11H2;2*4-5,12-14H,1-3,6-11H2. The molecule has 9 unspecified atom stereocenters. The van der Waals surface area contributed by atoms with E-state index in [0.29, 0.717) is 52.9 Å². The normalized spacial score (nSPS) is 36.6. The lowest BCUT2D eigenvalue weighted by Crippen LogP contribution is -2.33. The van der Waals surface area contributed by atoms with Gasteiger partial charge in [-0.25, -0.2) is 0 Å². The molecular weight excluding hydrogens is 629 g/mol. The third-order valence-electron chi connectivity index (χ3n) is 14.8. The molecule has 6 fully saturated rings. The maximum absolute atomic E-state index is 12.2. The molecule has 9 rings (SSSR count). The Hall–Kier alpha value is -1.85. The van der Waals surface area contributed by atoms with Crippen LogP contribution in [-0.4, -0.2) is 66.4 Å². The van der Waals surface area contributed by atoms with Crippen molar-refractivity contribution in [1.29, 1.82) is 0 Å². The summed E-state index contributed by atoms with van der Waals surface area (Å²) >= 11 is 0. The van der Waals surface area contributed by atoms with Gasteiger partial charge in [0, 0.05) is 50.1 Å². The molecule has 0 radical (unpaired) electrons. The molecule has 0 aromatic carbocycles. The molecule has 51 heavy (non-hydrogen) atoms. The van der Waals surface area contributed by atoms with Crippen molar-refractivity contribution in [2.45, 2.75) is 135 Å². The molecule has 282 valence electrons. The number of ketones is 3. The SMILES string of the molecule is O=C(CCC1CCCCC1)C1CC2C=CC1C2.O=C(CCN1CCCCC1)C1CC2C=CC1C2.O=C(CCN1CCCCC1)C1CC2C=CC1C2. The molecule has 0 spiro atoms. The van der Waals surface area contributed by atoms with E-state index in [4.69, 9.17) is 0 Å². The summed E-state index contributed by atoms with van der Waals surface area (Å²) in [6.07, 6.45) is 39.7. The van der Waals surface area contributed by atoms with E-state index in [9.17, 15) is 14.4 Å². The molecular formula is C46H70N2O3. The fraction of sp³-hybridized carbons (Fsp3) is 0.804. The van der Waals surface area contributed by atoms with Gasteiger partial charge < -0.3 is 9.80 Å². The Bertz CT molecular complexity index is 1100. The van der Waals surface area contributed by atoms with Gasteiger partial charge in [-0.3, -0.25) is 14.4 Å². The minimum atomic E-state index is 0.370. The maximum atomic E-state index is 12.2. The van der Waals surface area contributed by atoms with E-state index >= 15 is 0 Å². The number of fused-ring (bicyclic) bond motifs is 6. The zero-order chi connectivity index (χ0) is 35.0. The van der Waals surface area contributed by atoms with E-state index in [0.717, 1.165) is 75.3 Å². The molecule has 9 atom stereocenters. The maximum Gasteiger partial charge on any atom is 0.137 e. The van der Waals surface area contributed by atoms with E-state index in [1.165, 1.54) is 122 Å². The average Bonchev–Trinajstić information content (AvgIpc) is 4.06. The van der Waals surface area contributed by atoms with Crippen molar-refractivity contribution in [3.8, 4) is 0 Å². The highest BCUT2D eigenvalue weighted by Crippen LogP contribution is 2.46. The Morgan fingerprint density at radius 1 is 0.431 bits per heavy atom. The van der Waals surface area contributed by atoms with Crippen LogP contribution >= 0.6 is 0 Å². The predicted molar refractivity (Wildman–Crippen MR) is 207 cm³/mol. The van der Waals surface area contributed by atoms with Crippen molar-refractivity contribution in [1.82, 2.24) is 9.80 Å². The van der Waals surface area contributed by atoms with Crippen LogP contribution in [0.3, 0.4) is 0 Å². The second kappa shape index (κ2) is 18.5. The molecule has 2 heterocycles. The van der Waals surface area contributed by atoms with Gasteiger partial charge in [-0.1, -0.05) is 81.4 Å². The van der Waals surface area contributed by atoms with Gasteiger partial charge in [-0.2, -0.15) is 0 Å². The Balaban J connectivity index is 0.000000119. The highest BCUT2D eigenvalue weighted by atomic mass is 16.1. The van der Waals surface area contributed by atoms with Crippen LogP contribution in [-0.2, 0) is 14.4 Å².